The summed E-state index contributed by atoms with van der Waals surface area (Å²) in [6.45, 7) is 11.8. The van der Waals surface area contributed by atoms with Crippen molar-refractivity contribution in [2.45, 2.75) is 71.6 Å². The fourth-order valence-corrected chi connectivity index (χ4v) is 5.59. The summed E-state index contributed by atoms with van der Waals surface area (Å²) in [4.78, 5) is 34.5. The SMILES string of the molecule is Cc1sc2nc(SCC(=O)N3CCCC[C@@H]3C)n(CC(C)C)c(=O)c2c1C. The van der Waals surface area contributed by atoms with Gasteiger partial charge in [0, 0.05) is 24.0 Å². The molecule has 0 spiro atoms. The molecule has 0 saturated carbocycles. The number of nitrogens with zero attached hydrogens (tertiary/aromatic N) is 3. The Morgan fingerprint density at radius 1 is 1.33 bits per heavy atom. The van der Waals surface area contributed by atoms with E-state index in [1.54, 1.807) is 15.9 Å². The molecular weight excluding hydrogens is 378 g/mol. The van der Waals surface area contributed by atoms with Crippen molar-refractivity contribution in [2.75, 3.05) is 12.3 Å². The Kier molecular flexibility index (Phi) is 6.31. The highest BCUT2D eigenvalue weighted by Gasteiger charge is 2.24. The van der Waals surface area contributed by atoms with E-state index >= 15 is 0 Å². The molecule has 1 aliphatic rings. The van der Waals surface area contributed by atoms with Gasteiger partial charge in [-0.3, -0.25) is 14.2 Å². The van der Waals surface area contributed by atoms with E-state index in [9.17, 15) is 9.59 Å². The monoisotopic (exact) mass is 407 g/mol. The van der Waals surface area contributed by atoms with Gasteiger partial charge in [-0.15, -0.1) is 11.3 Å². The molecule has 2 aromatic rings. The third-order valence-corrected chi connectivity index (χ3v) is 7.31. The number of likely N-dealkylation sites (tertiary alicyclic amines) is 1. The smallest absolute Gasteiger partial charge is 0.263 e. The number of thiophene rings is 1. The van der Waals surface area contributed by atoms with Crippen LogP contribution in [0.4, 0.5) is 0 Å². The number of aryl methyl sites for hydroxylation is 2. The largest absolute Gasteiger partial charge is 0.339 e. The Labute approximate surface area is 169 Å². The molecule has 1 aliphatic heterocycles. The highest BCUT2D eigenvalue weighted by atomic mass is 32.2. The van der Waals surface area contributed by atoms with Crippen LogP contribution < -0.4 is 5.56 Å². The van der Waals surface area contributed by atoms with Crippen LogP contribution in [0.5, 0.6) is 0 Å². The number of rotatable bonds is 5. The first kappa shape index (κ1) is 20.4. The lowest BCUT2D eigenvalue weighted by Crippen LogP contribution is -2.43. The second kappa shape index (κ2) is 8.35. The number of thioether (sulfide) groups is 1. The number of carbonyl (C=O) groups excluding carboxylic acids is 1. The lowest BCUT2D eigenvalue weighted by atomic mass is 10.0. The van der Waals surface area contributed by atoms with Crippen molar-refractivity contribution in [1.29, 1.82) is 0 Å². The lowest BCUT2D eigenvalue weighted by Gasteiger charge is -2.33. The predicted molar refractivity (Wildman–Crippen MR) is 114 cm³/mol. The van der Waals surface area contributed by atoms with Crippen molar-refractivity contribution < 1.29 is 4.79 Å². The van der Waals surface area contributed by atoms with Crippen molar-refractivity contribution in [3.05, 3.63) is 20.8 Å². The maximum atomic E-state index is 13.1. The van der Waals surface area contributed by atoms with Crippen molar-refractivity contribution in [2.24, 2.45) is 5.92 Å². The predicted octanol–water partition coefficient (Wildman–Crippen LogP) is 4.22. The molecule has 0 unspecified atom stereocenters. The van der Waals surface area contributed by atoms with Gasteiger partial charge < -0.3 is 4.90 Å². The molecule has 0 N–H and O–H groups in total. The number of hydrogen-bond donors (Lipinski definition) is 0. The zero-order valence-corrected chi connectivity index (χ0v) is 18.5. The van der Waals surface area contributed by atoms with Crippen LogP contribution in [0.15, 0.2) is 9.95 Å². The normalized spacial score (nSPS) is 17.9. The van der Waals surface area contributed by atoms with Gasteiger partial charge in [-0.25, -0.2) is 4.98 Å². The number of amides is 1. The summed E-state index contributed by atoms with van der Waals surface area (Å²) in [6.07, 6.45) is 3.35. The van der Waals surface area contributed by atoms with Gasteiger partial charge in [-0.2, -0.15) is 0 Å². The van der Waals surface area contributed by atoms with Crippen LogP contribution in [0.3, 0.4) is 0 Å². The third kappa shape index (κ3) is 4.24. The van der Waals surface area contributed by atoms with Gasteiger partial charge in [-0.05, 0) is 51.5 Å². The number of aromatic nitrogens is 2. The Morgan fingerprint density at radius 2 is 2.07 bits per heavy atom. The van der Waals surface area contributed by atoms with Gasteiger partial charge >= 0.3 is 0 Å². The molecule has 148 valence electrons. The van der Waals surface area contributed by atoms with Gasteiger partial charge in [0.25, 0.3) is 5.56 Å². The van der Waals surface area contributed by atoms with Gasteiger partial charge in [0.05, 0.1) is 11.1 Å². The maximum Gasteiger partial charge on any atom is 0.263 e. The molecule has 0 bridgehead atoms. The number of fused-ring (bicyclic) bond motifs is 1. The van der Waals surface area contributed by atoms with E-state index in [-0.39, 0.29) is 11.5 Å². The Morgan fingerprint density at radius 3 is 2.74 bits per heavy atom. The molecule has 2 aromatic heterocycles. The van der Waals surface area contributed by atoms with Crippen LogP contribution in [-0.2, 0) is 11.3 Å². The van der Waals surface area contributed by atoms with E-state index in [0.717, 1.165) is 40.0 Å². The first-order chi connectivity index (χ1) is 12.8. The summed E-state index contributed by atoms with van der Waals surface area (Å²) < 4.78 is 1.77. The van der Waals surface area contributed by atoms with Gasteiger partial charge in [-0.1, -0.05) is 25.6 Å². The quantitative estimate of drug-likeness (QED) is 0.550. The summed E-state index contributed by atoms with van der Waals surface area (Å²) >= 11 is 2.97. The Bertz CT molecular complexity index is 901. The molecule has 1 atom stereocenters. The van der Waals surface area contributed by atoms with Crippen LogP contribution in [-0.4, -0.2) is 38.7 Å². The van der Waals surface area contributed by atoms with Crippen molar-refractivity contribution in [3.8, 4) is 0 Å². The number of piperidine rings is 1. The van der Waals surface area contributed by atoms with E-state index in [0.29, 0.717) is 29.4 Å². The standard InChI is InChI=1S/C20H29N3O2S2/c1-12(2)10-23-19(25)17-14(4)15(5)27-18(17)21-20(23)26-11-16(24)22-9-7-6-8-13(22)3/h12-13H,6-11H2,1-5H3/t13-/m0/s1. The molecule has 0 aliphatic carbocycles. The van der Waals surface area contributed by atoms with Crippen molar-refractivity contribution >= 4 is 39.2 Å². The highest BCUT2D eigenvalue weighted by molar-refractivity contribution is 7.99. The maximum absolute atomic E-state index is 13.1. The molecule has 1 saturated heterocycles. The van der Waals surface area contributed by atoms with Crippen molar-refractivity contribution in [1.82, 2.24) is 14.5 Å². The zero-order valence-electron chi connectivity index (χ0n) is 16.9. The van der Waals surface area contributed by atoms with Crippen LogP contribution in [0.2, 0.25) is 0 Å². The van der Waals surface area contributed by atoms with E-state index in [1.807, 2.05) is 18.7 Å². The number of carbonyl (C=O) groups is 1. The average molecular weight is 408 g/mol. The molecule has 27 heavy (non-hydrogen) atoms. The van der Waals surface area contributed by atoms with E-state index in [4.69, 9.17) is 4.98 Å². The summed E-state index contributed by atoms with van der Waals surface area (Å²) in [6, 6.07) is 0.308. The second-order valence-corrected chi connectivity index (χ2v) is 10.0. The third-order valence-electron chi connectivity index (χ3n) is 5.25. The van der Waals surface area contributed by atoms with Crippen LogP contribution in [0.25, 0.3) is 10.2 Å². The van der Waals surface area contributed by atoms with Crippen LogP contribution in [0.1, 0.15) is 50.5 Å². The minimum Gasteiger partial charge on any atom is -0.339 e. The van der Waals surface area contributed by atoms with Crippen molar-refractivity contribution in [3.63, 3.8) is 0 Å². The fraction of sp³-hybridized carbons (Fsp3) is 0.650. The zero-order chi connectivity index (χ0) is 19.7. The summed E-state index contributed by atoms with van der Waals surface area (Å²) in [7, 11) is 0. The molecule has 3 heterocycles. The first-order valence-corrected chi connectivity index (χ1v) is 11.5. The Balaban J connectivity index is 1.90. The van der Waals surface area contributed by atoms with E-state index in [2.05, 4.69) is 20.8 Å². The average Bonchev–Trinajstić information content (AvgIpc) is 2.90. The van der Waals surface area contributed by atoms with Crippen LogP contribution >= 0.6 is 23.1 Å². The van der Waals surface area contributed by atoms with E-state index in [1.165, 1.54) is 18.2 Å². The van der Waals surface area contributed by atoms with Gasteiger partial charge in [0.15, 0.2) is 5.16 Å². The molecule has 1 amide bonds. The van der Waals surface area contributed by atoms with Crippen LogP contribution in [0, 0.1) is 19.8 Å². The molecule has 1 fully saturated rings. The summed E-state index contributed by atoms with van der Waals surface area (Å²) in [5.74, 6) is 0.819. The molecule has 3 rings (SSSR count). The molecule has 0 aromatic carbocycles. The highest BCUT2D eigenvalue weighted by Crippen LogP contribution is 2.29. The van der Waals surface area contributed by atoms with Gasteiger partial charge in [0.2, 0.25) is 5.91 Å². The molecule has 0 radical (unpaired) electrons. The Hall–Kier alpha value is -1.34. The fourth-order valence-electron chi connectivity index (χ4n) is 3.62. The second-order valence-electron chi connectivity index (χ2n) is 7.89. The molecule has 5 nitrogen and oxygen atoms in total. The van der Waals surface area contributed by atoms with E-state index < -0.39 is 0 Å². The molecule has 7 heteroatoms. The minimum absolute atomic E-state index is 0.0249. The summed E-state index contributed by atoms with van der Waals surface area (Å²) in [5.41, 5.74) is 1.05. The topological polar surface area (TPSA) is 55.2 Å². The summed E-state index contributed by atoms with van der Waals surface area (Å²) in [5, 5.41) is 1.40. The molecular formula is C20H29N3O2S2. The lowest BCUT2D eigenvalue weighted by molar-refractivity contribution is -0.131. The number of hydrogen-bond acceptors (Lipinski definition) is 5. The first-order valence-electron chi connectivity index (χ1n) is 9.72. The van der Waals surface area contributed by atoms with Gasteiger partial charge in [0.1, 0.15) is 4.83 Å². The minimum atomic E-state index is 0.0249.